The zero-order chi connectivity index (χ0) is 14.0. The van der Waals surface area contributed by atoms with Crippen LogP contribution in [-0.4, -0.2) is 25.8 Å². The van der Waals surface area contributed by atoms with Crippen molar-refractivity contribution in [3.63, 3.8) is 0 Å². The molecule has 0 aliphatic carbocycles. The zero-order valence-corrected chi connectivity index (χ0v) is 11.6. The molecule has 1 aromatic carbocycles. The smallest absolute Gasteiger partial charge is 0.207 e. The van der Waals surface area contributed by atoms with E-state index in [1.54, 1.807) is 0 Å². The van der Waals surface area contributed by atoms with E-state index in [-0.39, 0.29) is 24.0 Å². The number of benzene rings is 1. The molecule has 2 rings (SSSR count). The molecule has 0 amide bonds. The Labute approximate surface area is 116 Å². The van der Waals surface area contributed by atoms with Gasteiger partial charge in [-0.25, -0.2) is 12.8 Å². The average molecular weight is 303 g/mol. The summed E-state index contributed by atoms with van der Waals surface area (Å²) in [6.45, 7) is 0.457. The summed E-state index contributed by atoms with van der Waals surface area (Å²) in [6, 6.07) is 6.03. The maximum Gasteiger partial charge on any atom is 0.246 e. The van der Waals surface area contributed by atoms with E-state index in [9.17, 15) is 12.8 Å². The third-order valence-electron chi connectivity index (χ3n) is 3.17. The Morgan fingerprint density at radius 3 is 2.58 bits per heavy atom. The van der Waals surface area contributed by atoms with Crippen molar-refractivity contribution in [2.45, 2.75) is 17.7 Å². The Bertz CT molecular complexity index is 619. The van der Waals surface area contributed by atoms with Crippen LogP contribution in [0.15, 0.2) is 23.1 Å². The normalized spacial score (nSPS) is 18.2. The van der Waals surface area contributed by atoms with E-state index in [2.05, 4.69) is 6.07 Å². The Kier molecular flexibility index (Phi) is 4.09. The van der Waals surface area contributed by atoms with E-state index < -0.39 is 20.7 Å². The SMILES string of the molecule is N#CC1CCN(S(=O)(=O)c2cccc(Cl)c2F)CC1. The summed E-state index contributed by atoms with van der Waals surface area (Å²) in [5.41, 5.74) is 0. The largest absolute Gasteiger partial charge is 0.246 e. The second-order valence-corrected chi connectivity index (χ2v) is 6.67. The first-order valence-electron chi connectivity index (χ1n) is 5.80. The van der Waals surface area contributed by atoms with Crippen molar-refractivity contribution in [2.24, 2.45) is 5.92 Å². The zero-order valence-electron chi connectivity index (χ0n) is 10.0. The van der Waals surface area contributed by atoms with Gasteiger partial charge in [0, 0.05) is 19.0 Å². The number of nitrogens with zero attached hydrogens (tertiary/aromatic N) is 2. The van der Waals surface area contributed by atoms with Crippen molar-refractivity contribution in [3.8, 4) is 6.07 Å². The molecule has 1 fully saturated rings. The summed E-state index contributed by atoms with van der Waals surface area (Å²) in [7, 11) is -3.88. The maximum absolute atomic E-state index is 13.8. The van der Waals surface area contributed by atoms with Gasteiger partial charge < -0.3 is 0 Å². The van der Waals surface area contributed by atoms with Crippen molar-refractivity contribution >= 4 is 21.6 Å². The van der Waals surface area contributed by atoms with Crippen LogP contribution in [0, 0.1) is 23.1 Å². The third kappa shape index (κ3) is 2.73. The van der Waals surface area contributed by atoms with Crippen LogP contribution in [0.5, 0.6) is 0 Å². The molecule has 4 nitrogen and oxygen atoms in total. The summed E-state index contributed by atoms with van der Waals surface area (Å²) in [5.74, 6) is -1.05. The second-order valence-electron chi connectivity index (χ2n) is 4.36. The number of hydrogen-bond donors (Lipinski definition) is 0. The van der Waals surface area contributed by atoms with Gasteiger partial charge in [0.05, 0.1) is 11.1 Å². The first kappa shape index (κ1) is 14.3. The molecule has 0 radical (unpaired) electrons. The lowest BCUT2D eigenvalue weighted by molar-refractivity contribution is 0.309. The van der Waals surface area contributed by atoms with Crippen LogP contribution in [0.25, 0.3) is 0 Å². The van der Waals surface area contributed by atoms with Gasteiger partial charge in [-0.15, -0.1) is 0 Å². The number of hydrogen-bond acceptors (Lipinski definition) is 3. The van der Waals surface area contributed by atoms with Crippen LogP contribution in [0.1, 0.15) is 12.8 Å². The minimum Gasteiger partial charge on any atom is -0.207 e. The minimum absolute atomic E-state index is 0.129. The fourth-order valence-electron chi connectivity index (χ4n) is 2.05. The van der Waals surface area contributed by atoms with Gasteiger partial charge in [-0.1, -0.05) is 17.7 Å². The number of rotatable bonds is 2. The predicted molar refractivity (Wildman–Crippen MR) is 68.5 cm³/mol. The lowest BCUT2D eigenvalue weighted by atomic mass is 10.0. The molecule has 1 aliphatic rings. The molecule has 0 N–H and O–H groups in total. The van der Waals surface area contributed by atoms with Crippen molar-refractivity contribution in [1.29, 1.82) is 5.26 Å². The van der Waals surface area contributed by atoms with E-state index in [0.717, 1.165) is 0 Å². The predicted octanol–water partition coefficient (Wildman–Crippen LogP) is 2.40. The minimum atomic E-state index is -3.88. The molecule has 1 heterocycles. The maximum atomic E-state index is 13.8. The Morgan fingerprint density at radius 1 is 1.37 bits per heavy atom. The van der Waals surface area contributed by atoms with Crippen molar-refractivity contribution in [3.05, 3.63) is 29.0 Å². The van der Waals surface area contributed by atoms with Gasteiger partial charge in [-0.3, -0.25) is 0 Å². The summed E-state index contributed by atoms with van der Waals surface area (Å²) in [5, 5.41) is 8.57. The van der Waals surface area contributed by atoms with Gasteiger partial charge in [-0.2, -0.15) is 9.57 Å². The summed E-state index contributed by atoms with van der Waals surface area (Å²) in [4.78, 5) is -0.407. The Hall–Kier alpha value is -1.16. The molecule has 0 aromatic heterocycles. The van der Waals surface area contributed by atoms with E-state index in [1.165, 1.54) is 22.5 Å². The van der Waals surface area contributed by atoms with Crippen molar-refractivity contribution in [2.75, 3.05) is 13.1 Å². The molecule has 0 atom stereocenters. The summed E-state index contributed by atoms with van der Waals surface area (Å²) in [6.07, 6.45) is 0.940. The molecule has 1 aliphatic heterocycles. The van der Waals surface area contributed by atoms with Crippen LogP contribution >= 0.6 is 11.6 Å². The average Bonchev–Trinajstić information content (AvgIpc) is 2.41. The summed E-state index contributed by atoms with van der Waals surface area (Å²) >= 11 is 5.60. The molecule has 102 valence electrons. The molecule has 0 unspecified atom stereocenters. The van der Waals surface area contributed by atoms with Crippen LogP contribution in [0.4, 0.5) is 4.39 Å². The number of piperidine rings is 1. The van der Waals surface area contributed by atoms with Gasteiger partial charge in [0.25, 0.3) is 0 Å². The Morgan fingerprint density at radius 2 is 2.00 bits per heavy atom. The van der Waals surface area contributed by atoms with Gasteiger partial charge in [0.2, 0.25) is 10.0 Å². The molecule has 0 bridgehead atoms. The highest BCUT2D eigenvalue weighted by Crippen LogP contribution is 2.27. The monoisotopic (exact) mass is 302 g/mol. The van der Waals surface area contributed by atoms with Gasteiger partial charge in [-0.05, 0) is 25.0 Å². The fourth-order valence-corrected chi connectivity index (χ4v) is 3.83. The number of sulfonamides is 1. The molecule has 1 saturated heterocycles. The first-order valence-corrected chi connectivity index (χ1v) is 7.62. The fraction of sp³-hybridized carbons (Fsp3) is 0.417. The lowest BCUT2D eigenvalue weighted by Gasteiger charge is -2.28. The topological polar surface area (TPSA) is 61.2 Å². The highest BCUT2D eigenvalue weighted by molar-refractivity contribution is 7.89. The van der Waals surface area contributed by atoms with E-state index in [1.807, 2.05) is 0 Å². The van der Waals surface area contributed by atoms with E-state index >= 15 is 0 Å². The highest BCUT2D eigenvalue weighted by Gasteiger charge is 2.31. The van der Waals surface area contributed by atoms with Crippen molar-refractivity contribution in [1.82, 2.24) is 4.31 Å². The second kappa shape index (κ2) is 5.45. The van der Waals surface area contributed by atoms with E-state index in [0.29, 0.717) is 12.8 Å². The van der Waals surface area contributed by atoms with Crippen molar-refractivity contribution < 1.29 is 12.8 Å². The summed E-state index contributed by atoms with van der Waals surface area (Å²) < 4.78 is 39.6. The van der Waals surface area contributed by atoms with Gasteiger partial charge >= 0.3 is 0 Å². The standard InChI is InChI=1S/C12H12ClFN2O2S/c13-10-2-1-3-11(12(10)14)19(17,18)16-6-4-9(8-15)5-7-16/h1-3,9H,4-7H2. The van der Waals surface area contributed by atoms with E-state index in [4.69, 9.17) is 16.9 Å². The lowest BCUT2D eigenvalue weighted by Crippen LogP contribution is -2.38. The quantitative estimate of drug-likeness (QED) is 0.843. The molecular weight excluding hydrogens is 291 g/mol. The van der Waals surface area contributed by atoms with Gasteiger partial charge in [0.15, 0.2) is 5.82 Å². The van der Waals surface area contributed by atoms with Crippen LogP contribution in [-0.2, 0) is 10.0 Å². The van der Waals surface area contributed by atoms with Crippen LogP contribution < -0.4 is 0 Å². The number of halogens is 2. The van der Waals surface area contributed by atoms with Gasteiger partial charge in [0.1, 0.15) is 4.90 Å². The Balaban J connectivity index is 2.29. The molecule has 0 saturated carbocycles. The third-order valence-corrected chi connectivity index (χ3v) is 5.38. The molecule has 1 aromatic rings. The number of nitriles is 1. The molecule has 19 heavy (non-hydrogen) atoms. The highest BCUT2D eigenvalue weighted by atomic mass is 35.5. The van der Waals surface area contributed by atoms with Crippen LogP contribution in [0.2, 0.25) is 5.02 Å². The molecular formula is C12H12ClFN2O2S. The first-order chi connectivity index (χ1) is 8.96. The van der Waals surface area contributed by atoms with Crippen LogP contribution in [0.3, 0.4) is 0 Å². The molecule has 7 heteroatoms. The molecule has 0 spiro atoms.